The molecule has 1 atom stereocenters. The minimum Gasteiger partial charge on any atom is -0.481 e. The predicted octanol–water partition coefficient (Wildman–Crippen LogP) is 3.06. The lowest BCUT2D eigenvalue weighted by Gasteiger charge is -2.10. The van der Waals surface area contributed by atoms with E-state index in [9.17, 15) is 9.18 Å². The molecule has 0 spiro atoms. The summed E-state index contributed by atoms with van der Waals surface area (Å²) in [7, 11) is 0. The Morgan fingerprint density at radius 2 is 2.29 bits per heavy atom. The summed E-state index contributed by atoms with van der Waals surface area (Å²) in [6, 6.07) is 4.15. The molecule has 0 bridgehead atoms. The molecule has 0 radical (unpaired) electrons. The van der Waals surface area contributed by atoms with Gasteiger partial charge < -0.3 is 5.11 Å². The molecular weight excluding hydrogens is 207 g/mol. The summed E-state index contributed by atoms with van der Waals surface area (Å²) in [5.74, 6) is -1.73. The zero-order valence-electron chi connectivity index (χ0n) is 7.63. The van der Waals surface area contributed by atoms with E-state index in [4.69, 9.17) is 16.7 Å². The molecule has 76 valence electrons. The highest BCUT2D eigenvalue weighted by atomic mass is 35.5. The molecule has 4 heteroatoms. The largest absolute Gasteiger partial charge is 0.481 e. The molecule has 1 N–H and O–H groups in total. The third kappa shape index (κ3) is 2.70. The highest BCUT2D eigenvalue weighted by Crippen LogP contribution is 2.24. The summed E-state index contributed by atoms with van der Waals surface area (Å²) in [6.07, 6.45) is -0.0999. The third-order valence-electron chi connectivity index (χ3n) is 1.97. The van der Waals surface area contributed by atoms with Gasteiger partial charge >= 0.3 is 5.97 Å². The van der Waals surface area contributed by atoms with Crippen LogP contribution in [0.1, 0.15) is 24.8 Å². The summed E-state index contributed by atoms with van der Waals surface area (Å²) in [5.41, 5.74) is 0.347. The van der Waals surface area contributed by atoms with Crippen molar-refractivity contribution < 1.29 is 14.3 Å². The second kappa shape index (κ2) is 4.42. The molecule has 0 amide bonds. The number of carboxylic acid groups (broad SMARTS) is 1. The van der Waals surface area contributed by atoms with Crippen molar-refractivity contribution in [2.45, 2.75) is 19.3 Å². The van der Waals surface area contributed by atoms with Gasteiger partial charge in [0.1, 0.15) is 5.82 Å². The number of carboxylic acids is 1. The van der Waals surface area contributed by atoms with Crippen LogP contribution in [0.3, 0.4) is 0 Å². The van der Waals surface area contributed by atoms with Crippen molar-refractivity contribution in [3.05, 3.63) is 34.6 Å². The second-order valence-electron chi connectivity index (χ2n) is 3.16. The molecule has 0 aromatic heterocycles. The monoisotopic (exact) mass is 216 g/mol. The first-order chi connectivity index (χ1) is 6.50. The highest BCUT2D eigenvalue weighted by Gasteiger charge is 2.14. The Morgan fingerprint density at radius 3 is 2.86 bits per heavy atom. The first-order valence-corrected chi connectivity index (χ1v) is 4.55. The highest BCUT2D eigenvalue weighted by molar-refractivity contribution is 6.30. The number of hydrogen-bond donors (Lipinski definition) is 1. The van der Waals surface area contributed by atoms with Gasteiger partial charge in [0.05, 0.1) is 6.42 Å². The van der Waals surface area contributed by atoms with Gasteiger partial charge in [0.15, 0.2) is 0 Å². The number of hydrogen-bond acceptors (Lipinski definition) is 1. The van der Waals surface area contributed by atoms with Crippen molar-refractivity contribution in [2.24, 2.45) is 0 Å². The number of halogens is 2. The fourth-order valence-corrected chi connectivity index (χ4v) is 1.44. The van der Waals surface area contributed by atoms with Crippen molar-refractivity contribution in [1.82, 2.24) is 0 Å². The molecule has 1 aromatic carbocycles. The summed E-state index contributed by atoms with van der Waals surface area (Å²) in [5, 5.41) is 8.97. The molecule has 0 saturated carbocycles. The quantitative estimate of drug-likeness (QED) is 0.843. The molecule has 1 rings (SSSR count). The van der Waals surface area contributed by atoms with Crippen LogP contribution in [0.25, 0.3) is 0 Å². The standard InChI is InChI=1S/C10H10ClFO2/c1-6(4-10(13)14)8-5-7(11)2-3-9(8)12/h2-3,5-6H,4H2,1H3,(H,13,14). The van der Waals surface area contributed by atoms with Gasteiger partial charge in [0.25, 0.3) is 0 Å². The number of benzene rings is 1. The Hall–Kier alpha value is -1.09. The molecule has 0 fully saturated rings. The van der Waals surface area contributed by atoms with E-state index in [1.807, 2.05) is 0 Å². The molecule has 0 saturated heterocycles. The van der Waals surface area contributed by atoms with Crippen LogP contribution in [0.2, 0.25) is 5.02 Å². The van der Waals surface area contributed by atoms with Gasteiger partial charge in [-0.15, -0.1) is 0 Å². The van der Waals surface area contributed by atoms with Crippen LogP contribution >= 0.6 is 11.6 Å². The van der Waals surface area contributed by atoms with Crippen LogP contribution in [0, 0.1) is 5.82 Å². The lowest BCUT2D eigenvalue weighted by atomic mass is 9.97. The second-order valence-corrected chi connectivity index (χ2v) is 3.60. The molecule has 0 aliphatic carbocycles. The van der Waals surface area contributed by atoms with Crippen LogP contribution in [0.4, 0.5) is 4.39 Å². The van der Waals surface area contributed by atoms with E-state index in [1.165, 1.54) is 18.2 Å². The van der Waals surface area contributed by atoms with E-state index in [1.54, 1.807) is 6.92 Å². The topological polar surface area (TPSA) is 37.3 Å². The third-order valence-corrected chi connectivity index (χ3v) is 2.20. The lowest BCUT2D eigenvalue weighted by Crippen LogP contribution is -2.04. The zero-order valence-corrected chi connectivity index (χ0v) is 8.38. The lowest BCUT2D eigenvalue weighted by molar-refractivity contribution is -0.137. The fourth-order valence-electron chi connectivity index (χ4n) is 1.26. The number of carbonyl (C=O) groups is 1. The van der Waals surface area contributed by atoms with E-state index in [-0.39, 0.29) is 12.3 Å². The zero-order chi connectivity index (χ0) is 10.7. The maximum Gasteiger partial charge on any atom is 0.303 e. The number of aliphatic carboxylic acids is 1. The van der Waals surface area contributed by atoms with Gasteiger partial charge in [0, 0.05) is 5.02 Å². The molecule has 2 nitrogen and oxygen atoms in total. The van der Waals surface area contributed by atoms with Crippen molar-refractivity contribution in [3.8, 4) is 0 Å². The van der Waals surface area contributed by atoms with E-state index >= 15 is 0 Å². The normalized spacial score (nSPS) is 12.5. The van der Waals surface area contributed by atoms with Crippen LogP contribution in [0.15, 0.2) is 18.2 Å². The summed E-state index contributed by atoms with van der Waals surface area (Å²) in [4.78, 5) is 10.4. The first-order valence-electron chi connectivity index (χ1n) is 4.17. The van der Waals surface area contributed by atoms with Crippen LogP contribution in [0.5, 0.6) is 0 Å². The predicted molar refractivity (Wildman–Crippen MR) is 52.1 cm³/mol. The number of rotatable bonds is 3. The fraction of sp³-hybridized carbons (Fsp3) is 0.300. The van der Waals surface area contributed by atoms with Gasteiger partial charge in [-0.2, -0.15) is 0 Å². The van der Waals surface area contributed by atoms with Gasteiger partial charge in [-0.25, -0.2) is 4.39 Å². The maximum atomic E-state index is 13.2. The smallest absolute Gasteiger partial charge is 0.303 e. The van der Waals surface area contributed by atoms with E-state index in [0.29, 0.717) is 10.6 Å². The Morgan fingerprint density at radius 1 is 1.64 bits per heavy atom. The minimum atomic E-state index is -0.947. The van der Waals surface area contributed by atoms with Crippen molar-refractivity contribution in [3.63, 3.8) is 0 Å². The van der Waals surface area contributed by atoms with Crippen molar-refractivity contribution >= 4 is 17.6 Å². The Bertz CT molecular complexity index is 352. The molecule has 0 aliphatic heterocycles. The average Bonchev–Trinajstić information content (AvgIpc) is 2.08. The molecule has 1 aromatic rings. The Kier molecular flexibility index (Phi) is 3.47. The molecule has 0 aliphatic rings. The molecule has 1 unspecified atom stereocenters. The summed E-state index contributed by atoms with van der Waals surface area (Å²) < 4.78 is 13.2. The van der Waals surface area contributed by atoms with E-state index in [0.717, 1.165) is 0 Å². The van der Waals surface area contributed by atoms with E-state index < -0.39 is 11.8 Å². The maximum absolute atomic E-state index is 13.2. The van der Waals surface area contributed by atoms with Crippen LogP contribution in [-0.4, -0.2) is 11.1 Å². The Labute approximate surface area is 86.3 Å². The van der Waals surface area contributed by atoms with Gasteiger partial charge in [-0.1, -0.05) is 18.5 Å². The van der Waals surface area contributed by atoms with Gasteiger partial charge in [-0.3, -0.25) is 4.79 Å². The van der Waals surface area contributed by atoms with Crippen LogP contribution in [-0.2, 0) is 4.79 Å². The average molecular weight is 217 g/mol. The van der Waals surface area contributed by atoms with Crippen molar-refractivity contribution in [1.29, 1.82) is 0 Å². The molecule has 14 heavy (non-hydrogen) atoms. The summed E-state index contributed by atoms with van der Waals surface area (Å²) >= 11 is 5.68. The first kappa shape index (κ1) is 11.0. The molecular formula is C10H10ClFO2. The Balaban J connectivity index is 2.93. The minimum absolute atomic E-state index is 0.0999. The SMILES string of the molecule is CC(CC(=O)O)c1cc(Cl)ccc1F. The van der Waals surface area contributed by atoms with Crippen LogP contribution < -0.4 is 0 Å². The summed E-state index contributed by atoms with van der Waals surface area (Å²) in [6.45, 7) is 1.66. The van der Waals surface area contributed by atoms with E-state index in [2.05, 4.69) is 0 Å². The van der Waals surface area contributed by atoms with Crippen molar-refractivity contribution in [2.75, 3.05) is 0 Å². The molecule has 0 heterocycles. The van der Waals surface area contributed by atoms with Gasteiger partial charge in [-0.05, 0) is 29.7 Å². The van der Waals surface area contributed by atoms with Gasteiger partial charge in [0.2, 0.25) is 0 Å².